The third kappa shape index (κ3) is 4.61. The third-order valence-electron chi connectivity index (χ3n) is 3.51. The quantitative estimate of drug-likeness (QED) is 0.817. The molecule has 0 saturated carbocycles. The second-order valence-electron chi connectivity index (χ2n) is 5.43. The van der Waals surface area contributed by atoms with Gasteiger partial charge in [0.05, 0.1) is 0 Å². The Hall–Kier alpha value is -2.24. The molecule has 0 spiro atoms. The van der Waals surface area contributed by atoms with Crippen molar-refractivity contribution in [2.75, 3.05) is 26.3 Å². The summed E-state index contributed by atoms with van der Waals surface area (Å²) in [6.45, 7) is 1.80. The lowest BCUT2D eigenvalue weighted by atomic mass is 10.2. The lowest BCUT2D eigenvalue weighted by Gasteiger charge is -2.27. The predicted molar refractivity (Wildman–Crippen MR) is 87.2 cm³/mol. The molecule has 0 radical (unpaired) electrons. The van der Waals surface area contributed by atoms with Crippen LogP contribution in [0.25, 0.3) is 0 Å². The lowest BCUT2D eigenvalue weighted by molar-refractivity contribution is 0.0778. The van der Waals surface area contributed by atoms with E-state index in [4.69, 9.17) is 14.2 Å². The number of ether oxygens (including phenoxy) is 3. The van der Waals surface area contributed by atoms with Crippen molar-refractivity contribution in [3.05, 3.63) is 54.6 Å². The summed E-state index contributed by atoms with van der Waals surface area (Å²) in [4.78, 5) is 0. The fourth-order valence-electron chi connectivity index (χ4n) is 2.34. The summed E-state index contributed by atoms with van der Waals surface area (Å²) in [6, 6.07) is 17.1. The van der Waals surface area contributed by atoms with Crippen LogP contribution < -0.4 is 19.5 Å². The maximum Gasteiger partial charge on any atom is 0.161 e. The smallest absolute Gasteiger partial charge is 0.161 e. The van der Waals surface area contributed by atoms with Crippen molar-refractivity contribution in [2.24, 2.45) is 0 Å². The molecule has 1 aliphatic rings. The fourth-order valence-corrected chi connectivity index (χ4v) is 2.34. The molecule has 0 aliphatic carbocycles. The maximum atomic E-state index is 9.94. The Morgan fingerprint density at radius 3 is 2.65 bits per heavy atom. The van der Waals surface area contributed by atoms with E-state index in [1.165, 1.54) is 0 Å². The zero-order valence-electron chi connectivity index (χ0n) is 12.9. The number of fused-ring (bicyclic) bond motifs is 1. The van der Waals surface area contributed by atoms with E-state index in [0.717, 1.165) is 17.2 Å². The highest BCUT2D eigenvalue weighted by Crippen LogP contribution is 2.30. The van der Waals surface area contributed by atoms with Crippen molar-refractivity contribution in [3.8, 4) is 17.2 Å². The first-order valence-corrected chi connectivity index (χ1v) is 7.76. The van der Waals surface area contributed by atoms with E-state index in [1.54, 1.807) is 0 Å². The first kappa shape index (κ1) is 15.6. The summed E-state index contributed by atoms with van der Waals surface area (Å²) in [6.07, 6.45) is -0.640. The van der Waals surface area contributed by atoms with E-state index in [1.807, 2.05) is 54.6 Å². The van der Waals surface area contributed by atoms with E-state index in [0.29, 0.717) is 19.7 Å². The van der Waals surface area contributed by atoms with E-state index in [-0.39, 0.29) is 12.7 Å². The average Bonchev–Trinajstić information content (AvgIpc) is 2.61. The summed E-state index contributed by atoms with van der Waals surface area (Å²) in [5.74, 6) is 2.30. The van der Waals surface area contributed by atoms with Crippen LogP contribution >= 0.6 is 0 Å². The molecule has 1 heterocycles. The number of nitrogens with one attached hydrogen (secondary N) is 1. The number of para-hydroxylation sites is 3. The molecule has 0 aromatic heterocycles. The van der Waals surface area contributed by atoms with Crippen molar-refractivity contribution in [3.63, 3.8) is 0 Å². The van der Waals surface area contributed by atoms with Crippen LogP contribution in [0.1, 0.15) is 0 Å². The summed E-state index contributed by atoms with van der Waals surface area (Å²) in [5, 5.41) is 13.1. The molecule has 5 nitrogen and oxygen atoms in total. The van der Waals surface area contributed by atoms with Gasteiger partial charge in [-0.2, -0.15) is 0 Å². The molecule has 1 aliphatic heterocycles. The van der Waals surface area contributed by atoms with E-state index in [9.17, 15) is 5.11 Å². The largest absolute Gasteiger partial charge is 0.491 e. The Morgan fingerprint density at radius 1 is 1.09 bits per heavy atom. The van der Waals surface area contributed by atoms with Crippen LogP contribution in [0.2, 0.25) is 0 Å². The van der Waals surface area contributed by atoms with Crippen LogP contribution in [0.4, 0.5) is 0 Å². The molecule has 0 amide bonds. The summed E-state index contributed by atoms with van der Waals surface area (Å²) in [7, 11) is 0. The van der Waals surface area contributed by atoms with Gasteiger partial charge in [0.15, 0.2) is 11.5 Å². The van der Waals surface area contributed by atoms with E-state index in [2.05, 4.69) is 5.32 Å². The average molecular weight is 315 g/mol. The molecule has 2 atom stereocenters. The number of aliphatic hydroxyl groups is 1. The molecular formula is C18H21NO4. The minimum Gasteiger partial charge on any atom is -0.491 e. The first-order chi connectivity index (χ1) is 11.3. The van der Waals surface area contributed by atoms with Crippen molar-refractivity contribution in [1.82, 2.24) is 5.32 Å². The molecule has 0 bridgehead atoms. The van der Waals surface area contributed by atoms with Gasteiger partial charge in [-0.1, -0.05) is 30.3 Å². The highest BCUT2D eigenvalue weighted by molar-refractivity contribution is 5.40. The SMILES string of the molecule is O[C@@H](CNC[C@H]1COc2ccccc2O1)COc1ccccc1. The number of benzene rings is 2. The van der Waals surface area contributed by atoms with Gasteiger partial charge in [-0.15, -0.1) is 0 Å². The van der Waals surface area contributed by atoms with Gasteiger partial charge in [-0.05, 0) is 24.3 Å². The van der Waals surface area contributed by atoms with E-state index >= 15 is 0 Å². The van der Waals surface area contributed by atoms with Crippen molar-refractivity contribution in [1.29, 1.82) is 0 Å². The van der Waals surface area contributed by atoms with Gasteiger partial charge in [0.2, 0.25) is 0 Å². The fraction of sp³-hybridized carbons (Fsp3) is 0.333. The monoisotopic (exact) mass is 315 g/mol. The van der Waals surface area contributed by atoms with Crippen LogP contribution in [0.15, 0.2) is 54.6 Å². The topological polar surface area (TPSA) is 60.0 Å². The minimum absolute atomic E-state index is 0.0628. The Bertz CT molecular complexity index is 605. The van der Waals surface area contributed by atoms with Crippen molar-refractivity contribution in [2.45, 2.75) is 12.2 Å². The Kier molecular flexibility index (Phi) is 5.34. The molecule has 5 heteroatoms. The summed E-state index contributed by atoms with van der Waals surface area (Å²) < 4.78 is 17.0. The second kappa shape index (κ2) is 7.85. The number of aliphatic hydroxyl groups excluding tert-OH is 1. The lowest BCUT2D eigenvalue weighted by Crippen LogP contribution is -2.41. The number of hydrogen-bond acceptors (Lipinski definition) is 5. The van der Waals surface area contributed by atoms with Crippen LogP contribution in [-0.4, -0.2) is 43.6 Å². The molecule has 3 rings (SSSR count). The molecule has 2 aromatic carbocycles. The van der Waals surface area contributed by atoms with Gasteiger partial charge in [-0.3, -0.25) is 0 Å². The van der Waals surface area contributed by atoms with Gasteiger partial charge >= 0.3 is 0 Å². The highest BCUT2D eigenvalue weighted by atomic mass is 16.6. The highest BCUT2D eigenvalue weighted by Gasteiger charge is 2.20. The van der Waals surface area contributed by atoms with Gasteiger partial charge in [0.25, 0.3) is 0 Å². The predicted octanol–water partition coefficient (Wildman–Crippen LogP) is 1.86. The van der Waals surface area contributed by atoms with Crippen LogP contribution in [0.5, 0.6) is 17.2 Å². The molecule has 23 heavy (non-hydrogen) atoms. The Labute approximate surface area is 135 Å². The van der Waals surface area contributed by atoms with Crippen LogP contribution in [-0.2, 0) is 0 Å². The van der Waals surface area contributed by atoms with Crippen molar-refractivity contribution >= 4 is 0 Å². The van der Waals surface area contributed by atoms with Crippen LogP contribution in [0.3, 0.4) is 0 Å². The van der Waals surface area contributed by atoms with E-state index < -0.39 is 6.10 Å². The Balaban J connectivity index is 1.35. The van der Waals surface area contributed by atoms with Crippen molar-refractivity contribution < 1.29 is 19.3 Å². The summed E-state index contributed by atoms with van der Waals surface area (Å²) >= 11 is 0. The molecule has 2 N–H and O–H groups in total. The zero-order valence-corrected chi connectivity index (χ0v) is 12.9. The molecule has 2 aromatic rings. The zero-order chi connectivity index (χ0) is 15.9. The molecule has 122 valence electrons. The second-order valence-corrected chi connectivity index (χ2v) is 5.43. The molecule has 0 fully saturated rings. The molecular weight excluding hydrogens is 294 g/mol. The first-order valence-electron chi connectivity index (χ1n) is 7.76. The molecule has 0 saturated heterocycles. The van der Waals surface area contributed by atoms with Crippen LogP contribution in [0, 0.1) is 0 Å². The minimum atomic E-state index is -0.577. The third-order valence-corrected chi connectivity index (χ3v) is 3.51. The van der Waals surface area contributed by atoms with Gasteiger partial charge < -0.3 is 24.6 Å². The summed E-state index contributed by atoms with van der Waals surface area (Å²) in [5.41, 5.74) is 0. The number of hydrogen-bond donors (Lipinski definition) is 2. The maximum absolute atomic E-state index is 9.94. The molecule has 0 unspecified atom stereocenters. The van der Waals surface area contributed by atoms with Gasteiger partial charge in [0.1, 0.15) is 31.2 Å². The van der Waals surface area contributed by atoms with Gasteiger partial charge in [-0.25, -0.2) is 0 Å². The Morgan fingerprint density at radius 2 is 1.83 bits per heavy atom. The standard InChI is InChI=1S/C18H21NO4/c20-14(12-21-15-6-2-1-3-7-15)10-19-11-16-13-22-17-8-4-5-9-18(17)23-16/h1-9,14,16,19-20H,10-13H2/t14-,16-/m0/s1. The number of rotatable bonds is 7. The normalized spacial score (nSPS) is 17.5. The van der Waals surface area contributed by atoms with Gasteiger partial charge in [0, 0.05) is 13.1 Å².